The van der Waals surface area contributed by atoms with Crippen molar-refractivity contribution in [3.63, 3.8) is 0 Å². The summed E-state index contributed by atoms with van der Waals surface area (Å²) >= 11 is 0. The van der Waals surface area contributed by atoms with Crippen LogP contribution < -0.4 is 4.74 Å². The van der Waals surface area contributed by atoms with Crippen molar-refractivity contribution in [1.29, 1.82) is 0 Å². The van der Waals surface area contributed by atoms with Gasteiger partial charge in [-0.25, -0.2) is 0 Å². The highest BCUT2D eigenvalue weighted by atomic mass is 16.5. The zero-order valence-corrected chi connectivity index (χ0v) is 13.1. The first-order valence-electron chi connectivity index (χ1n) is 7.25. The number of hydrogen-bond donors (Lipinski definition) is 0. The van der Waals surface area contributed by atoms with Crippen LogP contribution in [0.1, 0.15) is 47.9 Å². The highest BCUT2D eigenvalue weighted by Crippen LogP contribution is 2.40. The van der Waals surface area contributed by atoms with E-state index in [0.29, 0.717) is 28.9 Å². The topological polar surface area (TPSA) is 52.6 Å². The largest absolute Gasteiger partial charge is 0.496 e. The predicted molar refractivity (Wildman–Crippen MR) is 82.2 cm³/mol. The molecule has 1 aliphatic carbocycles. The summed E-state index contributed by atoms with van der Waals surface area (Å²) in [6, 6.07) is 5.05. The maximum absolute atomic E-state index is 12.8. The number of fused-ring (bicyclic) bond motifs is 1. The summed E-state index contributed by atoms with van der Waals surface area (Å²) in [5, 5.41) is 0. The maximum Gasteiger partial charge on any atom is 0.228 e. The summed E-state index contributed by atoms with van der Waals surface area (Å²) in [4.78, 5) is 25.4. The van der Waals surface area contributed by atoms with Crippen LogP contribution in [-0.4, -0.2) is 24.8 Å². The fourth-order valence-corrected chi connectivity index (χ4v) is 2.88. The van der Waals surface area contributed by atoms with Crippen LogP contribution in [0.3, 0.4) is 0 Å². The van der Waals surface area contributed by atoms with Crippen molar-refractivity contribution < 1.29 is 19.1 Å². The first-order chi connectivity index (χ1) is 10.5. The van der Waals surface area contributed by atoms with Gasteiger partial charge in [0.15, 0.2) is 11.5 Å². The number of hydrogen-bond acceptors (Lipinski definition) is 4. The Bertz CT molecular complexity index is 748. The van der Waals surface area contributed by atoms with Crippen LogP contribution in [0.5, 0.6) is 5.75 Å². The van der Waals surface area contributed by atoms with Gasteiger partial charge in [-0.3, -0.25) is 9.59 Å². The van der Waals surface area contributed by atoms with E-state index in [-0.39, 0.29) is 23.4 Å². The number of methoxy groups -OCH3 is 1. The molecule has 22 heavy (non-hydrogen) atoms. The lowest BCUT2D eigenvalue weighted by Crippen LogP contribution is -2.20. The number of Topliss-reactive ketones (excluding diaryl/α,β-unsaturated/α-hetero) is 2. The van der Waals surface area contributed by atoms with Gasteiger partial charge in [-0.2, -0.15) is 0 Å². The number of rotatable bonds is 2. The average Bonchev–Trinajstić information content (AvgIpc) is 2.96. The van der Waals surface area contributed by atoms with Crippen LogP contribution >= 0.6 is 0 Å². The van der Waals surface area contributed by atoms with Gasteiger partial charge in [0.05, 0.1) is 18.2 Å². The van der Waals surface area contributed by atoms with E-state index in [4.69, 9.17) is 9.47 Å². The molecule has 4 heteroatoms. The van der Waals surface area contributed by atoms with Crippen LogP contribution in [0.2, 0.25) is 0 Å². The molecule has 0 spiro atoms. The summed E-state index contributed by atoms with van der Waals surface area (Å²) in [5.41, 5.74) is 3.38. The predicted octanol–water partition coefficient (Wildman–Crippen LogP) is 3.47. The van der Waals surface area contributed by atoms with E-state index in [1.807, 2.05) is 20.8 Å². The molecule has 0 aromatic heterocycles. The Labute approximate surface area is 129 Å². The molecule has 2 aliphatic rings. The van der Waals surface area contributed by atoms with E-state index >= 15 is 0 Å². The fourth-order valence-electron chi connectivity index (χ4n) is 2.88. The van der Waals surface area contributed by atoms with Crippen LogP contribution in [0.4, 0.5) is 0 Å². The van der Waals surface area contributed by atoms with Gasteiger partial charge in [0.1, 0.15) is 11.9 Å². The number of benzene rings is 1. The van der Waals surface area contributed by atoms with E-state index in [2.05, 4.69) is 0 Å². The van der Waals surface area contributed by atoms with Crippen LogP contribution in [0.15, 0.2) is 40.7 Å². The molecule has 0 bridgehead atoms. The second kappa shape index (κ2) is 5.13. The molecule has 0 amide bonds. The van der Waals surface area contributed by atoms with Crippen LogP contribution in [-0.2, 0) is 4.74 Å². The van der Waals surface area contributed by atoms with Gasteiger partial charge in [0, 0.05) is 12.0 Å². The molecule has 1 atom stereocenters. The summed E-state index contributed by atoms with van der Waals surface area (Å²) in [5.74, 6) is 0.250. The molecule has 0 unspecified atom stereocenters. The van der Waals surface area contributed by atoms with Gasteiger partial charge in [-0.1, -0.05) is 11.6 Å². The quantitative estimate of drug-likeness (QED) is 0.784. The van der Waals surface area contributed by atoms with Crippen LogP contribution in [0.25, 0.3) is 0 Å². The first kappa shape index (κ1) is 14.6. The van der Waals surface area contributed by atoms with E-state index in [1.54, 1.807) is 18.2 Å². The smallest absolute Gasteiger partial charge is 0.228 e. The molecule has 1 heterocycles. The van der Waals surface area contributed by atoms with Crippen molar-refractivity contribution in [2.75, 3.05) is 7.11 Å². The van der Waals surface area contributed by atoms with Gasteiger partial charge in [0.25, 0.3) is 0 Å². The molecule has 0 fully saturated rings. The second-order valence-electron chi connectivity index (χ2n) is 5.84. The number of carbonyl (C=O) groups is 2. The Kier molecular flexibility index (Phi) is 3.39. The molecule has 114 valence electrons. The Balaban J connectivity index is 2.07. The molecule has 0 saturated heterocycles. The maximum atomic E-state index is 12.8. The van der Waals surface area contributed by atoms with E-state index in [1.165, 1.54) is 7.11 Å². The number of ketones is 2. The molecule has 0 N–H and O–H groups in total. The van der Waals surface area contributed by atoms with E-state index in [9.17, 15) is 9.59 Å². The molecule has 0 saturated carbocycles. The summed E-state index contributed by atoms with van der Waals surface area (Å²) in [6.45, 7) is 5.97. The van der Waals surface area contributed by atoms with Crippen molar-refractivity contribution >= 4 is 11.6 Å². The van der Waals surface area contributed by atoms with Gasteiger partial charge in [-0.05, 0) is 38.5 Å². The van der Waals surface area contributed by atoms with Gasteiger partial charge >= 0.3 is 0 Å². The van der Waals surface area contributed by atoms with Gasteiger partial charge in [0.2, 0.25) is 5.78 Å². The van der Waals surface area contributed by atoms with Crippen molar-refractivity contribution in [2.24, 2.45) is 0 Å². The highest BCUT2D eigenvalue weighted by Gasteiger charge is 2.42. The lowest BCUT2D eigenvalue weighted by atomic mass is 9.86. The standard InChI is InChI=1S/C18H18O4/c1-9(2)10(3)14-8-12-16(19)15-11(17(20)18(12)22-14)6-5-7-13(15)21-4/h5-7,14H,8H2,1-4H3/t14-/m1/s1. The molecule has 1 aliphatic heterocycles. The van der Waals surface area contributed by atoms with Crippen molar-refractivity contribution in [1.82, 2.24) is 0 Å². The van der Waals surface area contributed by atoms with Gasteiger partial charge < -0.3 is 9.47 Å². The third-order valence-electron chi connectivity index (χ3n) is 4.39. The Morgan fingerprint density at radius 1 is 1.18 bits per heavy atom. The normalized spacial score (nSPS) is 19.5. The number of carbonyl (C=O) groups excluding carboxylic acids is 2. The van der Waals surface area contributed by atoms with Crippen LogP contribution in [0, 0.1) is 0 Å². The van der Waals surface area contributed by atoms with E-state index < -0.39 is 0 Å². The third kappa shape index (κ3) is 1.98. The monoisotopic (exact) mass is 298 g/mol. The average molecular weight is 298 g/mol. The van der Waals surface area contributed by atoms with Crippen molar-refractivity contribution in [3.05, 3.63) is 51.8 Å². The second-order valence-corrected chi connectivity index (χ2v) is 5.84. The highest BCUT2D eigenvalue weighted by molar-refractivity contribution is 6.27. The lowest BCUT2D eigenvalue weighted by molar-refractivity contribution is 0.0874. The molecular formula is C18H18O4. The Morgan fingerprint density at radius 3 is 2.55 bits per heavy atom. The van der Waals surface area contributed by atoms with Crippen molar-refractivity contribution in [2.45, 2.75) is 33.3 Å². The molecule has 1 aromatic carbocycles. The SMILES string of the molecule is COc1cccc2c1C(=O)C1=C(O[C@@H](C(C)=C(C)C)C1)C2=O. The van der Waals surface area contributed by atoms with E-state index in [0.717, 1.165) is 11.1 Å². The molecular weight excluding hydrogens is 280 g/mol. The minimum atomic E-state index is -0.233. The number of ether oxygens (including phenoxy) is 2. The Hall–Kier alpha value is -2.36. The molecule has 1 aromatic rings. The van der Waals surface area contributed by atoms with Gasteiger partial charge in [-0.15, -0.1) is 0 Å². The minimum Gasteiger partial charge on any atom is -0.496 e. The molecule has 4 nitrogen and oxygen atoms in total. The molecule has 3 rings (SSSR count). The molecule has 0 radical (unpaired) electrons. The third-order valence-corrected chi connectivity index (χ3v) is 4.39. The zero-order chi connectivity index (χ0) is 16.0. The number of allylic oxidation sites excluding steroid dienone is 2. The van der Waals surface area contributed by atoms with Crippen molar-refractivity contribution in [3.8, 4) is 5.75 Å². The summed E-state index contributed by atoms with van der Waals surface area (Å²) in [7, 11) is 1.50. The summed E-state index contributed by atoms with van der Waals surface area (Å²) in [6.07, 6.45) is 0.206. The first-order valence-corrected chi connectivity index (χ1v) is 7.25. The minimum absolute atomic E-state index is 0.161. The Morgan fingerprint density at radius 2 is 1.91 bits per heavy atom. The summed E-state index contributed by atoms with van der Waals surface area (Å²) < 4.78 is 11.1. The fraction of sp³-hybridized carbons (Fsp3) is 0.333. The lowest BCUT2D eigenvalue weighted by Gasteiger charge is -2.17. The zero-order valence-electron chi connectivity index (χ0n) is 13.1.